The first-order valence-corrected chi connectivity index (χ1v) is 12.6. The zero-order chi connectivity index (χ0) is 35.2. The Balaban J connectivity index is 2.05. The van der Waals surface area contributed by atoms with Crippen LogP contribution in [0.15, 0.2) is 35.7 Å². The minimum Gasteiger partial charge on any atom is -0.237 e. The molecule has 0 fully saturated rings. The Hall–Kier alpha value is -7.88. The number of nitriles is 4. The maximum atomic E-state index is 17.0. The Morgan fingerprint density at radius 2 is 1.08 bits per heavy atom. The third-order valence-corrected chi connectivity index (χ3v) is 7.36. The zero-order valence-corrected chi connectivity index (χ0v) is 23.2. The van der Waals surface area contributed by atoms with Crippen LogP contribution in [0, 0.1) is 107 Å². The molecule has 0 spiro atoms. The third kappa shape index (κ3) is 4.18. The molecule has 0 saturated carbocycles. The van der Waals surface area contributed by atoms with Gasteiger partial charge in [-0.2, -0.15) is 10.5 Å². The Morgan fingerprint density at radius 3 is 1.60 bits per heavy atom. The summed E-state index contributed by atoms with van der Waals surface area (Å²) < 4.78 is 94.2. The van der Waals surface area contributed by atoms with Crippen LogP contribution in [0.2, 0.25) is 0 Å². The highest BCUT2D eigenvalue weighted by atomic mass is 19.1. The van der Waals surface area contributed by atoms with E-state index in [-0.39, 0.29) is 0 Å². The van der Waals surface area contributed by atoms with Crippen molar-refractivity contribution in [1.82, 2.24) is 0 Å². The molecule has 3 aromatic rings. The summed E-state index contributed by atoms with van der Waals surface area (Å²) in [6.07, 6.45) is 0. The fourth-order valence-electron chi connectivity index (χ4n) is 5.50. The van der Waals surface area contributed by atoms with Crippen LogP contribution in [0.1, 0.15) is 38.9 Å². The van der Waals surface area contributed by atoms with Crippen LogP contribution in [0.5, 0.6) is 0 Å². The molecule has 0 bridgehead atoms. The molecule has 0 saturated heterocycles. The number of allylic oxidation sites excluding steroid dienone is 7. The van der Waals surface area contributed by atoms with Gasteiger partial charge in [-0.25, -0.2) is 56.2 Å². The second-order valence-electron chi connectivity index (χ2n) is 9.54. The van der Waals surface area contributed by atoms with E-state index in [1.165, 1.54) is 24.3 Å². The highest BCUT2D eigenvalue weighted by Crippen LogP contribution is 2.58. The number of rotatable bonds is 2. The molecular weight excluding hydrogens is 634 g/mol. The summed E-state index contributed by atoms with van der Waals surface area (Å²) >= 11 is 0. The predicted molar refractivity (Wildman–Crippen MR) is 154 cm³/mol. The Labute approximate surface area is 266 Å². The number of hydrogen-bond donors (Lipinski definition) is 0. The summed E-state index contributed by atoms with van der Waals surface area (Å²) in [6.45, 7) is 29.8. The van der Waals surface area contributed by atoms with Gasteiger partial charge in [0, 0.05) is 44.5 Å². The number of benzene rings is 3. The van der Waals surface area contributed by atoms with Gasteiger partial charge in [-0.3, -0.25) is 0 Å². The lowest BCUT2D eigenvalue weighted by molar-refractivity contribution is 0.590. The van der Waals surface area contributed by atoms with Gasteiger partial charge >= 0.3 is 0 Å². The van der Waals surface area contributed by atoms with E-state index < -0.39 is 124 Å². The maximum Gasteiger partial charge on any atom is 0.270 e. The standard InChI is InChI=1S/C34H4F6N8/c1-45-21-8-19(37)15(7-20(21)38)26-28(23(12-44)47-3)30-31(34(26)48-4)33(40)29-25(32(30)39)16(10-42)24(27(29)22(11-43)46-2)14-6-17(35)13(9-41)5-18(14)36/h5-8H/b27-22-,28-23+. The maximum absolute atomic E-state index is 17.0. The first kappa shape index (κ1) is 31.5. The first-order valence-electron chi connectivity index (χ1n) is 12.6. The van der Waals surface area contributed by atoms with E-state index in [1.54, 1.807) is 0 Å². The molecule has 2 aliphatic carbocycles. The average Bonchev–Trinajstić information content (AvgIpc) is 3.60. The predicted octanol–water partition coefficient (Wildman–Crippen LogP) is 8.50. The first-order chi connectivity index (χ1) is 23.0. The van der Waals surface area contributed by atoms with Crippen molar-refractivity contribution in [2.24, 2.45) is 0 Å². The van der Waals surface area contributed by atoms with Gasteiger partial charge in [-0.1, -0.05) is 0 Å². The monoisotopic (exact) mass is 638 g/mol. The highest BCUT2D eigenvalue weighted by Gasteiger charge is 2.44. The van der Waals surface area contributed by atoms with Crippen LogP contribution in [0.4, 0.5) is 32.0 Å². The minimum atomic E-state index is -1.65. The molecule has 0 aromatic heterocycles. The van der Waals surface area contributed by atoms with E-state index in [2.05, 4.69) is 19.4 Å². The molecule has 5 rings (SSSR count). The van der Waals surface area contributed by atoms with Crippen molar-refractivity contribution in [2.45, 2.75) is 0 Å². The molecule has 0 radical (unpaired) electrons. The zero-order valence-electron chi connectivity index (χ0n) is 23.2. The molecule has 48 heavy (non-hydrogen) atoms. The lowest BCUT2D eigenvalue weighted by Crippen LogP contribution is -2.05. The van der Waals surface area contributed by atoms with Crippen LogP contribution < -0.4 is 0 Å². The fourth-order valence-corrected chi connectivity index (χ4v) is 5.50. The summed E-state index contributed by atoms with van der Waals surface area (Å²) in [5.41, 5.74) is -14.9. The van der Waals surface area contributed by atoms with Crippen molar-refractivity contribution in [2.75, 3.05) is 0 Å². The molecule has 8 nitrogen and oxygen atoms in total. The number of hydrogen-bond acceptors (Lipinski definition) is 4. The van der Waals surface area contributed by atoms with Gasteiger partial charge in [0.05, 0.1) is 49.6 Å². The molecule has 0 heterocycles. The summed E-state index contributed by atoms with van der Waals surface area (Å²) in [7, 11) is 0. The van der Waals surface area contributed by atoms with E-state index in [9.17, 15) is 24.6 Å². The van der Waals surface area contributed by atoms with Crippen molar-refractivity contribution < 1.29 is 26.3 Å². The topological polar surface area (TPSA) is 113 Å². The smallest absolute Gasteiger partial charge is 0.237 e. The van der Waals surface area contributed by atoms with E-state index >= 15 is 17.6 Å². The van der Waals surface area contributed by atoms with Crippen LogP contribution in [0.25, 0.3) is 52.9 Å². The molecule has 14 heteroatoms. The van der Waals surface area contributed by atoms with Gasteiger partial charge in [0.1, 0.15) is 47.0 Å². The molecule has 3 aromatic carbocycles. The molecular formula is C34H4F6N8. The molecule has 0 amide bonds. The fraction of sp³-hybridized carbons (Fsp3) is 0. The van der Waals surface area contributed by atoms with Crippen molar-refractivity contribution >= 4 is 39.2 Å². The number of nitrogens with zero attached hydrogens (tertiary/aromatic N) is 8. The van der Waals surface area contributed by atoms with Crippen molar-refractivity contribution in [1.29, 1.82) is 21.0 Å². The van der Waals surface area contributed by atoms with E-state index in [1.807, 2.05) is 0 Å². The van der Waals surface area contributed by atoms with Gasteiger partial charge < -0.3 is 0 Å². The normalized spacial score (nSPS) is 14.6. The highest BCUT2D eigenvalue weighted by molar-refractivity contribution is 6.29. The van der Waals surface area contributed by atoms with E-state index in [4.69, 9.17) is 31.6 Å². The second kappa shape index (κ2) is 11.6. The van der Waals surface area contributed by atoms with Crippen LogP contribution >= 0.6 is 0 Å². The second-order valence-corrected chi connectivity index (χ2v) is 9.54. The molecule has 2 aliphatic rings. The van der Waals surface area contributed by atoms with Crippen molar-refractivity contribution in [3.8, 4) is 24.3 Å². The summed E-state index contributed by atoms with van der Waals surface area (Å²) in [4.78, 5) is 11.9. The van der Waals surface area contributed by atoms with Gasteiger partial charge in [0.15, 0.2) is 0 Å². The molecule has 0 unspecified atom stereocenters. The number of fused-ring (bicyclic) bond motifs is 2. The lowest BCUT2D eigenvalue weighted by atomic mass is 9.90. The Kier molecular flexibility index (Phi) is 7.60. The Morgan fingerprint density at radius 1 is 0.562 bits per heavy atom. The quantitative estimate of drug-likeness (QED) is 0.159. The molecule has 0 aliphatic heterocycles. The lowest BCUT2D eigenvalue weighted by Gasteiger charge is -2.15. The van der Waals surface area contributed by atoms with Crippen molar-refractivity contribution in [3.63, 3.8) is 0 Å². The third-order valence-electron chi connectivity index (χ3n) is 7.36. The van der Waals surface area contributed by atoms with Gasteiger partial charge in [0.25, 0.3) is 11.4 Å². The Bertz CT molecular complexity index is 2390. The van der Waals surface area contributed by atoms with E-state index in [0.717, 1.165) is 0 Å². The van der Waals surface area contributed by atoms with Crippen LogP contribution in [-0.2, 0) is 0 Å². The summed E-state index contributed by atoms with van der Waals surface area (Å²) in [5.74, 6) is -8.72. The summed E-state index contributed by atoms with van der Waals surface area (Å²) in [5, 5.41) is 38.8. The van der Waals surface area contributed by atoms with Crippen LogP contribution in [0.3, 0.4) is 0 Å². The van der Waals surface area contributed by atoms with Gasteiger partial charge in [-0.15, -0.1) is 0 Å². The summed E-state index contributed by atoms with van der Waals surface area (Å²) in [6, 6.07) is 7.45. The minimum absolute atomic E-state index is 0.415. The molecule has 0 N–H and O–H groups in total. The van der Waals surface area contributed by atoms with E-state index in [0.29, 0.717) is 24.3 Å². The van der Waals surface area contributed by atoms with Gasteiger partial charge in [-0.05, 0) is 35.4 Å². The SMILES string of the molecule is [C-]#[N+]C1=C(c2cc(F)c([N+]#[C-])cc2F)/C(=C(/C#N)[N+]#[C-])c2c(F)c3c(c(F)c21)/C(=C(/C#N)[N+]#[C-])C(c1cc(F)c(C#N)cc1F)=C3C#N. The number of halogens is 6. The van der Waals surface area contributed by atoms with Crippen LogP contribution in [-0.4, -0.2) is 0 Å². The molecule has 222 valence electrons. The molecule has 0 atom stereocenters. The average molecular weight is 638 g/mol. The largest absolute Gasteiger partial charge is 0.270 e. The van der Waals surface area contributed by atoms with Gasteiger partial charge in [0.2, 0.25) is 11.4 Å². The van der Waals surface area contributed by atoms with Crippen molar-refractivity contribution in [3.05, 3.63) is 155 Å².